The van der Waals surface area contributed by atoms with E-state index in [1.165, 1.54) is 31.4 Å². The van der Waals surface area contributed by atoms with Crippen LogP contribution in [0.1, 0.15) is 49.4 Å². The molecule has 2 amide bonds. The van der Waals surface area contributed by atoms with Crippen LogP contribution in [0.4, 0.5) is 14.5 Å². The van der Waals surface area contributed by atoms with E-state index in [9.17, 15) is 31.9 Å². The first-order valence-corrected chi connectivity index (χ1v) is 14.6. The third-order valence-electron chi connectivity index (χ3n) is 7.92. The molecule has 2 aromatic carbocycles. The lowest BCUT2D eigenvalue weighted by molar-refractivity contribution is -0.133. The zero-order chi connectivity index (χ0) is 28.5. The molecule has 3 unspecified atom stereocenters. The minimum atomic E-state index is -4.01. The summed E-state index contributed by atoms with van der Waals surface area (Å²) in [6.45, 7) is 2.11. The van der Waals surface area contributed by atoms with Gasteiger partial charge in [0.15, 0.2) is 21.5 Å². The van der Waals surface area contributed by atoms with E-state index >= 15 is 0 Å². The van der Waals surface area contributed by atoms with E-state index < -0.39 is 38.2 Å². The monoisotopic (exact) mass is 584 g/mol. The second kappa shape index (κ2) is 11.5. The van der Waals surface area contributed by atoms with Crippen LogP contribution in [0.5, 0.6) is 0 Å². The van der Waals surface area contributed by atoms with Gasteiger partial charge in [-0.3, -0.25) is 9.59 Å². The fraction of sp³-hybridized carbons (Fsp3) is 0.481. The SMILES string of the molecule is CO[C@H](C)CNC(=O)CC1(O)C2CC[C@@H]1CC(S(=O)(=O)c1cc(C(=O)Nc3ccc(F)c(F)c3)ccc1Cl)C2. The molecule has 2 fully saturated rings. The summed E-state index contributed by atoms with van der Waals surface area (Å²) in [4.78, 5) is 25.1. The van der Waals surface area contributed by atoms with Crippen molar-refractivity contribution in [3.8, 4) is 0 Å². The molecule has 0 heterocycles. The molecule has 0 aliphatic heterocycles. The number of anilines is 1. The van der Waals surface area contributed by atoms with Crippen molar-refractivity contribution >= 4 is 38.9 Å². The molecule has 0 radical (unpaired) electrons. The normalized spacial score (nSPS) is 25.2. The summed E-state index contributed by atoms with van der Waals surface area (Å²) < 4.78 is 59.3. The number of sulfone groups is 1. The lowest BCUT2D eigenvalue weighted by atomic mass is 9.72. The topological polar surface area (TPSA) is 122 Å². The maximum absolute atomic E-state index is 13.7. The fourth-order valence-electron chi connectivity index (χ4n) is 5.63. The number of hydrogen-bond acceptors (Lipinski definition) is 6. The van der Waals surface area contributed by atoms with Crippen molar-refractivity contribution in [1.82, 2.24) is 5.32 Å². The fourth-order valence-corrected chi connectivity index (χ4v) is 8.03. The lowest BCUT2D eigenvalue weighted by Gasteiger charge is -2.42. The molecule has 2 aromatic rings. The smallest absolute Gasteiger partial charge is 0.255 e. The molecule has 3 N–H and O–H groups in total. The first-order chi connectivity index (χ1) is 18.3. The van der Waals surface area contributed by atoms with Gasteiger partial charge in [-0.1, -0.05) is 11.6 Å². The molecule has 0 saturated heterocycles. The van der Waals surface area contributed by atoms with Crippen LogP contribution >= 0.6 is 11.6 Å². The third kappa shape index (κ3) is 6.11. The van der Waals surface area contributed by atoms with E-state index in [4.69, 9.17) is 16.3 Å². The molecule has 212 valence electrons. The number of methoxy groups -OCH3 is 1. The van der Waals surface area contributed by atoms with Crippen LogP contribution in [-0.2, 0) is 19.4 Å². The van der Waals surface area contributed by atoms with Crippen molar-refractivity contribution < 1.29 is 36.6 Å². The van der Waals surface area contributed by atoms with Gasteiger partial charge in [-0.25, -0.2) is 17.2 Å². The first kappa shape index (κ1) is 29.4. The van der Waals surface area contributed by atoms with Crippen LogP contribution in [0.25, 0.3) is 0 Å². The van der Waals surface area contributed by atoms with Gasteiger partial charge in [-0.2, -0.15) is 0 Å². The second-order valence-electron chi connectivity index (χ2n) is 10.4. The second-order valence-corrected chi connectivity index (χ2v) is 13.0. The van der Waals surface area contributed by atoms with Crippen LogP contribution in [0.3, 0.4) is 0 Å². The molecule has 2 saturated carbocycles. The van der Waals surface area contributed by atoms with Gasteiger partial charge in [0.2, 0.25) is 5.91 Å². The highest BCUT2D eigenvalue weighted by atomic mass is 35.5. The minimum Gasteiger partial charge on any atom is -0.389 e. The van der Waals surface area contributed by atoms with E-state index in [0.717, 1.165) is 12.1 Å². The summed E-state index contributed by atoms with van der Waals surface area (Å²) in [5.41, 5.74) is -1.33. The number of hydrogen-bond donors (Lipinski definition) is 3. The Bertz CT molecular complexity index is 1360. The van der Waals surface area contributed by atoms with E-state index in [0.29, 0.717) is 19.4 Å². The van der Waals surface area contributed by atoms with Gasteiger partial charge in [0, 0.05) is 31.0 Å². The molecule has 2 aliphatic carbocycles. The van der Waals surface area contributed by atoms with E-state index in [2.05, 4.69) is 10.6 Å². The van der Waals surface area contributed by atoms with Crippen molar-refractivity contribution in [2.75, 3.05) is 19.0 Å². The highest BCUT2D eigenvalue weighted by Crippen LogP contribution is 2.53. The zero-order valence-corrected chi connectivity index (χ0v) is 23.1. The van der Waals surface area contributed by atoms with Gasteiger partial charge in [0.1, 0.15) is 0 Å². The molecular formula is C27H31ClF2N2O6S. The molecule has 4 rings (SSSR count). The van der Waals surface area contributed by atoms with Gasteiger partial charge in [0.05, 0.1) is 33.3 Å². The minimum absolute atomic E-state index is 0.00196. The Labute approximate surface area is 231 Å². The molecule has 2 aliphatic rings. The standard InChI is InChI=1S/C27H31ClF2N2O6S/c1-15(38-2)14-31-25(33)13-27(35)17-4-5-18(27)11-20(10-17)39(36,37)24-9-16(3-7-21(24)28)26(34)32-19-6-8-22(29)23(30)12-19/h3,6-9,12,15,17-18,20,35H,4-5,10-11,13-14H2,1-2H3,(H,31,33)(H,32,34)/t15-,17-,18?,20?,27?/m1/s1. The number of ether oxygens (including phenoxy) is 1. The summed E-state index contributed by atoms with van der Waals surface area (Å²) in [5.74, 6) is -4.02. The van der Waals surface area contributed by atoms with Crippen LogP contribution < -0.4 is 10.6 Å². The molecule has 0 spiro atoms. The summed E-state index contributed by atoms with van der Waals surface area (Å²) in [7, 11) is -2.48. The van der Waals surface area contributed by atoms with Crippen molar-refractivity contribution in [2.45, 2.75) is 60.9 Å². The van der Waals surface area contributed by atoms with Crippen molar-refractivity contribution in [1.29, 1.82) is 0 Å². The highest BCUT2D eigenvalue weighted by molar-refractivity contribution is 7.92. The number of nitrogens with one attached hydrogen (secondary N) is 2. The average molecular weight is 585 g/mol. The number of carbonyl (C=O) groups is 2. The van der Waals surface area contributed by atoms with Crippen molar-refractivity contribution in [3.05, 3.63) is 58.6 Å². The Morgan fingerprint density at radius 3 is 2.41 bits per heavy atom. The predicted molar refractivity (Wildman–Crippen MR) is 141 cm³/mol. The third-order valence-corrected chi connectivity index (χ3v) is 10.6. The summed E-state index contributed by atoms with van der Waals surface area (Å²) in [5, 5.41) is 15.7. The van der Waals surface area contributed by atoms with E-state index in [1.54, 1.807) is 6.92 Å². The van der Waals surface area contributed by atoms with Crippen molar-refractivity contribution in [3.63, 3.8) is 0 Å². The summed E-state index contributed by atoms with van der Waals surface area (Å²) in [6, 6.07) is 6.67. The molecule has 8 nitrogen and oxygen atoms in total. The van der Waals surface area contributed by atoms with E-state index in [1.807, 2.05) is 0 Å². The van der Waals surface area contributed by atoms with Gasteiger partial charge in [0.25, 0.3) is 5.91 Å². The molecule has 12 heteroatoms. The van der Waals surface area contributed by atoms with Crippen LogP contribution in [-0.4, -0.2) is 55.9 Å². The number of benzene rings is 2. The number of fused-ring (bicyclic) bond motifs is 2. The number of rotatable bonds is 9. The molecule has 0 aromatic heterocycles. The number of amides is 2. The number of carbonyl (C=O) groups excluding carboxylic acids is 2. The number of aliphatic hydroxyl groups is 1. The average Bonchev–Trinajstić information content (AvgIpc) is 3.05. The van der Waals surface area contributed by atoms with Crippen LogP contribution in [0.15, 0.2) is 41.3 Å². The summed E-state index contributed by atoms with van der Waals surface area (Å²) in [6.07, 6.45) is 1.20. The van der Waals surface area contributed by atoms with Gasteiger partial charge < -0.3 is 20.5 Å². The quantitative estimate of drug-likeness (QED) is 0.408. The van der Waals surface area contributed by atoms with Gasteiger partial charge in [-0.05, 0) is 74.8 Å². The molecule has 39 heavy (non-hydrogen) atoms. The Morgan fingerprint density at radius 2 is 1.79 bits per heavy atom. The van der Waals surface area contributed by atoms with Crippen LogP contribution in [0.2, 0.25) is 5.02 Å². The zero-order valence-electron chi connectivity index (χ0n) is 21.5. The highest BCUT2D eigenvalue weighted by Gasteiger charge is 2.56. The Balaban J connectivity index is 1.50. The maximum atomic E-state index is 13.7. The van der Waals surface area contributed by atoms with Gasteiger partial charge in [-0.15, -0.1) is 0 Å². The van der Waals surface area contributed by atoms with Crippen molar-refractivity contribution in [2.24, 2.45) is 11.8 Å². The lowest BCUT2D eigenvalue weighted by Crippen LogP contribution is -2.51. The Morgan fingerprint density at radius 1 is 1.13 bits per heavy atom. The predicted octanol–water partition coefficient (Wildman–Crippen LogP) is 4.11. The Kier molecular flexibility index (Phi) is 8.65. The largest absolute Gasteiger partial charge is 0.389 e. The summed E-state index contributed by atoms with van der Waals surface area (Å²) >= 11 is 6.27. The molecule has 5 atom stereocenters. The van der Waals surface area contributed by atoms with Gasteiger partial charge >= 0.3 is 0 Å². The van der Waals surface area contributed by atoms with Crippen LogP contribution in [0, 0.1) is 23.5 Å². The molecular weight excluding hydrogens is 554 g/mol. The maximum Gasteiger partial charge on any atom is 0.255 e. The Hall–Kier alpha value is -2.60. The molecule has 2 bridgehead atoms. The van der Waals surface area contributed by atoms with E-state index in [-0.39, 0.29) is 64.3 Å². The number of halogens is 3. The first-order valence-electron chi connectivity index (χ1n) is 12.7.